The van der Waals surface area contributed by atoms with E-state index in [1.807, 2.05) is 0 Å². The van der Waals surface area contributed by atoms with Crippen LogP contribution in [0.15, 0.2) is 12.1 Å². The maximum absolute atomic E-state index is 13.4. The molecule has 0 aromatic heterocycles. The number of carbonyl (C=O) groups excluding carboxylic acids is 1. The molecular formula is C11H11F3N2O3. The minimum absolute atomic E-state index is 0.301. The second-order valence-corrected chi connectivity index (χ2v) is 3.93. The average molecular weight is 276 g/mol. The van der Waals surface area contributed by atoms with Crippen molar-refractivity contribution in [1.29, 1.82) is 0 Å². The maximum Gasteiger partial charge on any atom is 0.321 e. The summed E-state index contributed by atoms with van der Waals surface area (Å²) in [5, 5.41) is 8.69. The molecule has 0 heterocycles. The summed E-state index contributed by atoms with van der Waals surface area (Å²) >= 11 is 0. The highest BCUT2D eigenvalue weighted by Crippen LogP contribution is 2.18. The van der Waals surface area contributed by atoms with Crippen molar-refractivity contribution < 1.29 is 27.9 Å². The maximum atomic E-state index is 13.4. The van der Waals surface area contributed by atoms with Crippen LogP contribution in [-0.4, -0.2) is 23.0 Å². The van der Waals surface area contributed by atoms with E-state index in [1.54, 1.807) is 0 Å². The van der Waals surface area contributed by atoms with E-state index in [2.05, 4.69) is 0 Å². The molecule has 5 nitrogen and oxygen atoms in total. The Balaban J connectivity index is 3.07. The van der Waals surface area contributed by atoms with Crippen molar-refractivity contribution in [1.82, 2.24) is 0 Å². The van der Waals surface area contributed by atoms with Gasteiger partial charge in [-0.1, -0.05) is 0 Å². The monoisotopic (exact) mass is 276 g/mol. The fraction of sp³-hybridized carbons (Fsp3) is 0.273. The van der Waals surface area contributed by atoms with Crippen LogP contribution in [0.4, 0.5) is 13.2 Å². The molecule has 2 atom stereocenters. The van der Waals surface area contributed by atoms with Crippen LogP contribution < -0.4 is 11.5 Å². The van der Waals surface area contributed by atoms with Crippen molar-refractivity contribution in [3.63, 3.8) is 0 Å². The second-order valence-electron chi connectivity index (χ2n) is 3.93. The zero-order valence-corrected chi connectivity index (χ0v) is 9.57. The van der Waals surface area contributed by atoms with Crippen molar-refractivity contribution in [3.8, 4) is 0 Å². The van der Waals surface area contributed by atoms with E-state index in [0.29, 0.717) is 12.1 Å². The molecule has 0 aliphatic heterocycles. The van der Waals surface area contributed by atoms with Crippen molar-refractivity contribution in [3.05, 3.63) is 35.1 Å². The van der Waals surface area contributed by atoms with E-state index in [-0.39, 0.29) is 5.56 Å². The molecule has 19 heavy (non-hydrogen) atoms. The molecule has 0 spiro atoms. The Morgan fingerprint density at radius 3 is 2.16 bits per heavy atom. The number of hydrogen-bond acceptors (Lipinski definition) is 3. The lowest BCUT2D eigenvalue weighted by atomic mass is 9.91. The number of aliphatic carboxylic acids is 1. The van der Waals surface area contributed by atoms with E-state index in [0.717, 1.165) is 0 Å². The van der Waals surface area contributed by atoms with Gasteiger partial charge < -0.3 is 16.6 Å². The van der Waals surface area contributed by atoms with Crippen molar-refractivity contribution in [2.75, 3.05) is 0 Å². The van der Waals surface area contributed by atoms with Gasteiger partial charge in [-0.2, -0.15) is 0 Å². The van der Waals surface area contributed by atoms with Crippen LogP contribution in [-0.2, 0) is 16.0 Å². The minimum atomic E-state index is -1.66. The topological polar surface area (TPSA) is 106 Å². The zero-order chi connectivity index (χ0) is 14.7. The molecule has 0 bridgehead atoms. The van der Waals surface area contributed by atoms with Crippen LogP contribution >= 0.6 is 0 Å². The van der Waals surface area contributed by atoms with E-state index in [9.17, 15) is 22.8 Å². The predicted molar refractivity (Wildman–Crippen MR) is 58.3 cm³/mol. The summed E-state index contributed by atoms with van der Waals surface area (Å²) < 4.78 is 39.1. The Hall–Kier alpha value is -2.09. The van der Waals surface area contributed by atoms with Gasteiger partial charge in [-0.05, 0) is 18.1 Å². The summed E-state index contributed by atoms with van der Waals surface area (Å²) in [6.07, 6.45) is -0.536. The highest BCUT2D eigenvalue weighted by atomic mass is 19.2. The second kappa shape index (κ2) is 5.70. The van der Waals surface area contributed by atoms with Gasteiger partial charge in [0.05, 0.1) is 5.92 Å². The summed E-state index contributed by atoms with van der Waals surface area (Å²) in [5.41, 5.74) is 9.83. The summed E-state index contributed by atoms with van der Waals surface area (Å²) in [6, 6.07) is -0.825. The molecule has 0 aliphatic carbocycles. The molecule has 2 unspecified atom stereocenters. The van der Waals surface area contributed by atoms with Gasteiger partial charge >= 0.3 is 5.97 Å². The number of rotatable bonds is 5. The molecule has 0 radical (unpaired) electrons. The van der Waals surface area contributed by atoms with Crippen LogP contribution in [0.3, 0.4) is 0 Å². The molecule has 1 rings (SSSR count). The highest BCUT2D eigenvalue weighted by molar-refractivity contribution is 5.85. The number of carboxylic acids is 1. The first-order valence-corrected chi connectivity index (χ1v) is 5.15. The average Bonchev–Trinajstić information content (AvgIpc) is 2.30. The lowest BCUT2D eigenvalue weighted by Gasteiger charge is -2.17. The fourth-order valence-corrected chi connectivity index (χ4v) is 1.53. The number of amides is 1. The third kappa shape index (κ3) is 3.44. The first kappa shape index (κ1) is 15.0. The standard InChI is InChI=1S/C11H11F3N2O3/c12-6-3-8(14)7(13)2-4(6)1-5(10(16)17)9(15)11(18)19/h2-3,5,9H,1,15H2,(H2,16,17)(H,18,19). The molecule has 0 aliphatic rings. The molecule has 1 amide bonds. The van der Waals surface area contributed by atoms with Crippen molar-refractivity contribution in [2.24, 2.45) is 17.4 Å². The Labute approximate surface area is 106 Å². The lowest BCUT2D eigenvalue weighted by Crippen LogP contribution is -2.45. The first-order valence-electron chi connectivity index (χ1n) is 5.15. The van der Waals surface area contributed by atoms with Gasteiger partial charge in [0.15, 0.2) is 11.6 Å². The van der Waals surface area contributed by atoms with E-state index in [1.165, 1.54) is 0 Å². The van der Waals surface area contributed by atoms with Crippen LogP contribution in [0.5, 0.6) is 0 Å². The number of primary amides is 1. The molecule has 0 saturated carbocycles. The largest absolute Gasteiger partial charge is 0.480 e. The number of halogens is 3. The molecule has 0 fully saturated rings. The number of carbonyl (C=O) groups is 2. The van der Waals surface area contributed by atoms with Gasteiger partial charge in [-0.25, -0.2) is 13.2 Å². The van der Waals surface area contributed by atoms with E-state index >= 15 is 0 Å². The van der Waals surface area contributed by atoms with Crippen molar-refractivity contribution >= 4 is 11.9 Å². The zero-order valence-electron chi connectivity index (χ0n) is 9.57. The number of carboxylic acid groups (broad SMARTS) is 1. The molecule has 0 saturated heterocycles. The first-order chi connectivity index (χ1) is 8.73. The summed E-state index contributed by atoms with van der Waals surface area (Å²) in [6.45, 7) is 0. The Morgan fingerprint density at radius 2 is 1.68 bits per heavy atom. The molecule has 1 aromatic rings. The minimum Gasteiger partial charge on any atom is -0.480 e. The smallest absolute Gasteiger partial charge is 0.321 e. The number of nitrogens with two attached hydrogens (primary N) is 2. The van der Waals surface area contributed by atoms with Gasteiger partial charge in [0.2, 0.25) is 5.91 Å². The van der Waals surface area contributed by atoms with E-state index < -0.39 is 47.7 Å². The van der Waals surface area contributed by atoms with E-state index in [4.69, 9.17) is 16.6 Å². The number of benzene rings is 1. The lowest BCUT2D eigenvalue weighted by molar-refractivity contribution is -0.142. The van der Waals surface area contributed by atoms with Crippen LogP contribution in [0.2, 0.25) is 0 Å². The summed E-state index contributed by atoms with van der Waals surface area (Å²) in [7, 11) is 0. The third-order valence-corrected chi connectivity index (χ3v) is 2.61. The Kier molecular flexibility index (Phi) is 4.49. The molecule has 104 valence electrons. The van der Waals surface area contributed by atoms with Gasteiger partial charge in [0.25, 0.3) is 0 Å². The number of hydrogen-bond donors (Lipinski definition) is 3. The van der Waals surface area contributed by atoms with Crippen molar-refractivity contribution in [2.45, 2.75) is 12.5 Å². The SMILES string of the molecule is NC(=O)C(Cc1cc(F)c(F)cc1F)C(N)C(=O)O. The van der Waals surface area contributed by atoms with Gasteiger partial charge in [0, 0.05) is 6.07 Å². The van der Waals surface area contributed by atoms with Gasteiger partial charge in [0.1, 0.15) is 11.9 Å². The molecular weight excluding hydrogens is 265 g/mol. The normalized spacial score (nSPS) is 13.9. The predicted octanol–water partition coefficient (Wildman–Crippen LogP) is 0.160. The van der Waals surface area contributed by atoms with Crippen LogP contribution in [0.25, 0.3) is 0 Å². The summed E-state index contributed by atoms with van der Waals surface area (Å²) in [4.78, 5) is 21.8. The summed E-state index contributed by atoms with van der Waals surface area (Å²) in [5.74, 6) is -7.83. The highest BCUT2D eigenvalue weighted by Gasteiger charge is 2.30. The Morgan fingerprint density at radius 1 is 1.16 bits per heavy atom. The fourth-order valence-electron chi connectivity index (χ4n) is 1.53. The third-order valence-electron chi connectivity index (χ3n) is 2.61. The molecule has 8 heteroatoms. The van der Waals surface area contributed by atoms with Gasteiger partial charge in [-0.15, -0.1) is 0 Å². The molecule has 5 N–H and O–H groups in total. The quantitative estimate of drug-likeness (QED) is 0.666. The van der Waals surface area contributed by atoms with Crippen LogP contribution in [0.1, 0.15) is 5.56 Å². The van der Waals surface area contributed by atoms with Gasteiger partial charge in [-0.3, -0.25) is 9.59 Å². The molecule has 1 aromatic carbocycles. The van der Waals surface area contributed by atoms with Crippen LogP contribution in [0, 0.1) is 23.4 Å². The Bertz CT molecular complexity index is 522.